The van der Waals surface area contributed by atoms with Gasteiger partial charge in [0.1, 0.15) is 5.75 Å². The zero-order valence-corrected chi connectivity index (χ0v) is 27.4. The lowest BCUT2D eigenvalue weighted by molar-refractivity contribution is -0.384. The number of nitro benzene ring substituents is 1. The van der Waals surface area contributed by atoms with Crippen molar-refractivity contribution in [2.45, 2.75) is 106 Å². The van der Waals surface area contributed by atoms with Gasteiger partial charge < -0.3 is 9.16 Å². The van der Waals surface area contributed by atoms with Gasteiger partial charge in [0.2, 0.25) is 0 Å². The Morgan fingerprint density at radius 3 is 2.33 bits per heavy atom. The minimum Gasteiger partial charge on any atom is -0.497 e. The molecule has 2 aliphatic heterocycles. The van der Waals surface area contributed by atoms with E-state index in [1.54, 1.807) is 7.11 Å². The molecule has 1 aliphatic carbocycles. The van der Waals surface area contributed by atoms with E-state index in [1.165, 1.54) is 29.8 Å². The molecule has 2 aromatic rings. The van der Waals surface area contributed by atoms with Gasteiger partial charge in [-0.2, -0.15) is 8.42 Å². The highest BCUT2D eigenvalue weighted by molar-refractivity contribution is 7.86. The van der Waals surface area contributed by atoms with Crippen molar-refractivity contribution in [3.05, 3.63) is 64.2 Å². The highest BCUT2D eigenvalue weighted by atomic mass is 32.2. The third kappa shape index (κ3) is 5.90. The van der Waals surface area contributed by atoms with Crippen molar-refractivity contribution in [3.8, 4) is 5.75 Å². The molecule has 2 aromatic carbocycles. The smallest absolute Gasteiger partial charge is 0.297 e. The highest BCUT2D eigenvalue weighted by Crippen LogP contribution is 2.54. The van der Waals surface area contributed by atoms with Gasteiger partial charge in [0.25, 0.3) is 15.8 Å². The van der Waals surface area contributed by atoms with Gasteiger partial charge in [-0.15, -0.1) is 0 Å². The van der Waals surface area contributed by atoms with E-state index in [1.807, 2.05) is 12.1 Å². The Kier molecular flexibility index (Phi) is 8.38. The molecule has 2 heterocycles. The fraction of sp³-hybridized carbons (Fsp3) is 0.613. The van der Waals surface area contributed by atoms with E-state index in [4.69, 9.17) is 13.3 Å². The number of rotatable bonds is 9. The number of nitro groups is 1. The molecule has 9 nitrogen and oxygen atoms in total. The number of ether oxygens (including phenoxy) is 1. The molecule has 0 radical (unpaired) electrons. The normalized spacial score (nSPS) is 28.3. The Hall–Kier alpha value is -2.31. The average molecular weight is 617 g/mol. The second-order valence-corrected chi connectivity index (χ2v) is 20.1. The predicted octanol–water partition coefficient (Wildman–Crippen LogP) is 6.33. The number of methoxy groups -OCH3 is 1. The van der Waals surface area contributed by atoms with Crippen molar-refractivity contribution < 1.29 is 26.7 Å². The van der Waals surface area contributed by atoms with Crippen molar-refractivity contribution in [2.75, 3.05) is 13.7 Å². The van der Waals surface area contributed by atoms with Gasteiger partial charge in [-0.3, -0.25) is 19.2 Å². The molecule has 3 fully saturated rings. The molecular weight excluding hydrogens is 573 g/mol. The summed E-state index contributed by atoms with van der Waals surface area (Å²) in [5.74, 6) is 0.717. The van der Waals surface area contributed by atoms with Crippen LogP contribution in [-0.2, 0) is 25.1 Å². The van der Waals surface area contributed by atoms with Crippen LogP contribution in [0.5, 0.6) is 5.75 Å². The number of benzene rings is 2. The lowest BCUT2D eigenvalue weighted by Crippen LogP contribution is -2.68. The van der Waals surface area contributed by atoms with Crippen molar-refractivity contribution >= 4 is 24.1 Å². The molecule has 230 valence electrons. The van der Waals surface area contributed by atoms with Crippen LogP contribution in [0.4, 0.5) is 5.69 Å². The average Bonchev–Trinajstić information content (AvgIpc) is 3.34. The summed E-state index contributed by atoms with van der Waals surface area (Å²) >= 11 is 0. The fourth-order valence-corrected chi connectivity index (χ4v) is 9.55. The molecule has 11 heteroatoms. The highest BCUT2D eigenvalue weighted by Gasteiger charge is 2.60. The van der Waals surface area contributed by atoms with E-state index < -0.39 is 29.5 Å². The van der Waals surface area contributed by atoms with Crippen LogP contribution < -0.4 is 4.74 Å². The van der Waals surface area contributed by atoms with Crippen LogP contribution in [0.2, 0.25) is 18.1 Å². The molecule has 5 rings (SSSR count). The molecule has 2 saturated heterocycles. The summed E-state index contributed by atoms with van der Waals surface area (Å²) in [5.41, 5.74) is 1.06. The van der Waals surface area contributed by atoms with Crippen LogP contribution in [-0.4, -0.2) is 64.0 Å². The lowest BCUT2D eigenvalue weighted by Gasteiger charge is -2.60. The van der Waals surface area contributed by atoms with Crippen LogP contribution in [0, 0.1) is 16.0 Å². The summed E-state index contributed by atoms with van der Waals surface area (Å²) in [5, 5.41) is 11.1. The van der Waals surface area contributed by atoms with Crippen LogP contribution in [0.3, 0.4) is 0 Å². The van der Waals surface area contributed by atoms with Crippen LogP contribution in [0.25, 0.3) is 0 Å². The maximum Gasteiger partial charge on any atom is 0.297 e. The summed E-state index contributed by atoms with van der Waals surface area (Å²) in [4.78, 5) is 13.2. The van der Waals surface area contributed by atoms with Gasteiger partial charge in [0, 0.05) is 29.6 Å². The van der Waals surface area contributed by atoms with E-state index in [0.29, 0.717) is 6.42 Å². The van der Waals surface area contributed by atoms with E-state index in [2.05, 4.69) is 50.9 Å². The molecule has 42 heavy (non-hydrogen) atoms. The molecule has 1 saturated carbocycles. The van der Waals surface area contributed by atoms with Gasteiger partial charge in [-0.1, -0.05) is 32.9 Å². The second-order valence-electron chi connectivity index (χ2n) is 13.7. The minimum absolute atomic E-state index is 0.0199. The molecule has 0 unspecified atom stereocenters. The molecular formula is C31H44N2O7SSi. The second kappa shape index (κ2) is 11.3. The maximum atomic E-state index is 13.5. The Morgan fingerprint density at radius 2 is 1.74 bits per heavy atom. The Balaban J connectivity index is 1.51. The first-order valence-electron chi connectivity index (χ1n) is 14.9. The van der Waals surface area contributed by atoms with Gasteiger partial charge >= 0.3 is 0 Å². The monoisotopic (exact) mass is 616 g/mol. The summed E-state index contributed by atoms with van der Waals surface area (Å²) < 4.78 is 45.7. The quantitative estimate of drug-likeness (QED) is 0.139. The summed E-state index contributed by atoms with van der Waals surface area (Å²) in [6.07, 6.45) is 4.61. The van der Waals surface area contributed by atoms with E-state index >= 15 is 0 Å². The van der Waals surface area contributed by atoms with Crippen LogP contribution in [0.1, 0.15) is 58.4 Å². The van der Waals surface area contributed by atoms with Crippen molar-refractivity contribution in [2.24, 2.45) is 5.92 Å². The largest absolute Gasteiger partial charge is 0.497 e. The van der Waals surface area contributed by atoms with Crippen LogP contribution in [0.15, 0.2) is 53.4 Å². The number of hydrogen-bond acceptors (Lipinski definition) is 8. The number of non-ortho nitro benzene ring substituents is 1. The Labute approximate surface area is 250 Å². The topological polar surface area (TPSA) is 108 Å². The Morgan fingerprint density at radius 1 is 1.07 bits per heavy atom. The summed E-state index contributed by atoms with van der Waals surface area (Å²) in [6, 6.07) is 13.2. The van der Waals surface area contributed by atoms with Gasteiger partial charge in [0.15, 0.2) is 8.32 Å². The van der Waals surface area contributed by atoms with Crippen LogP contribution >= 0.6 is 0 Å². The summed E-state index contributed by atoms with van der Waals surface area (Å²) in [6.45, 7) is 12.2. The molecule has 1 spiro atoms. The maximum absolute atomic E-state index is 13.5. The van der Waals surface area contributed by atoms with E-state index in [9.17, 15) is 18.5 Å². The van der Waals surface area contributed by atoms with E-state index in [0.717, 1.165) is 44.4 Å². The first kappa shape index (κ1) is 31.1. The lowest BCUT2D eigenvalue weighted by atomic mass is 9.65. The molecule has 2 bridgehead atoms. The first-order chi connectivity index (χ1) is 19.7. The van der Waals surface area contributed by atoms with Crippen molar-refractivity contribution in [3.63, 3.8) is 0 Å². The third-order valence-electron chi connectivity index (χ3n) is 10.3. The van der Waals surface area contributed by atoms with Gasteiger partial charge in [-0.05, 0) is 93.0 Å². The van der Waals surface area contributed by atoms with Gasteiger partial charge in [-0.25, -0.2) is 0 Å². The number of piperidine rings is 1. The fourth-order valence-electron chi connectivity index (χ4n) is 7.04. The molecule has 0 amide bonds. The minimum atomic E-state index is -4.14. The molecule has 5 atom stereocenters. The summed E-state index contributed by atoms with van der Waals surface area (Å²) in [7, 11) is -4.72. The first-order valence-corrected chi connectivity index (χ1v) is 19.2. The van der Waals surface area contributed by atoms with E-state index in [-0.39, 0.29) is 39.2 Å². The SMILES string of the molecule is COc1ccc(C[C@H]2[C@@H](O[Si](C)(C)C(C)(C)C)[C@H]3C[C@]4(CCCN24)CC[C@H]3OS(=O)(=O)c2ccc([N+](=O)[O-])cc2)cc1. The van der Waals surface area contributed by atoms with Gasteiger partial charge in [0.05, 0.1) is 29.1 Å². The number of hydrogen-bond donors (Lipinski definition) is 0. The Bertz CT molecular complexity index is 1390. The predicted molar refractivity (Wildman–Crippen MR) is 164 cm³/mol. The van der Waals surface area contributed by atoms with Crippen molar-refractivity contribution in [1.82, 2.24) is 4.90 Å². The zero-order chi connectivity index (χ0) is 30.5. The zero-order valence-electron chi connectivity index (χ0n) is 25.5. The molecule has 0 aromatic heterocycles. The molecule has 3 aliphatic rings. The van der Waals surface area contributed by atoms with Crippen molar-refractivity contribution in [1.29, 1.82) is 0 Å². The number of nitrogens with zero attached hydrogens (tertiary/aromatic N) is 2. The molecule has 0 N–H and O–H groups in total. The third-order valence-corrected chi connectivity index (χ3v) is 16.1. The standard InChI is InChI=1S/C31H44N2O7SSi/c1-30(2,3)42(5,6)40-29-26-21-31(17-7-19-32(31)27(29)20-22-8-12-24(38-4)13-9-22)18-16-28(26)39-41(36,37)25-14-10-23(11-15-25)33(34)35/h8-15,26-29H,7,16-21H2,1-6H3/t26-,27-,28+,29-,31-/m0/s1. The number of fused-ring (bicyclic) bond motifs is 1.